The molecule has 0 spiro atoms. The van der Waals surface area contributed by atoms with Gasteiger partial charge in [-0.2, -0.15) is 10.2 Å². The fourth-order valence-corrected chi connectivity index (χ4v) is 0.772. The SMILES string of the molecule is CN=Nc1ccc(N)cc1N. The fourth-order valence-electron chi connectivity index (χ4n) is 0.772. The highest BCUT2D eigenvalue weighted by molar-refractivity contribution is 5.67. The Hall–Kier alpha value is -1.58. The maximum atomic E-state index is 5.57. The zero-order chi connectivity index (χ0) is 8.27. The summed E-state index contributed by atoms with van der Waals surface area (Å²) in [5.41, 5.74) is 12.9. The van der Waals surface area contributed by atoms with E-state index in [0.717, 1.165) is 0 Å². The van der Waals surface area contributed by atoms with Crippen LogP contribution in [0.2, 0.25) is 0 Å². The molecule has 11 heavy (non-hydrogen) atoms. The predicted molar refractivity (Wildman–Crippen MR) is 45.7 cm³/mol. The summed E-state index contributed by atoms with van der Waals surface area (Å²) in [5, 5.41) is 7.39. The number of azo groups is 1. The van der Waals surface area contributed by atoms with E-state index in [9.17, 15) is 0 Å². The lowest BCUT2D eigenvalue weighted by molar-refractivity contribution is 1.17. The third-order valence-corrected chi connectivity index (χ3v) is 1.26. The molecule has 1 rings (SSSR count). The molecule has 58 valence electrons. The lowest BCUT2D eigenvalue weighted by atomic mass is 10.2. The molecule has 1 aromatic rings. The van der Waals surface area contributed by atoms with Gasteiger partial charge in [0.25, 0.3) is 0 Å². The third kappa shape index (κ3) is 1.67. The van der Waals surface area contributed by atoms with Gasteiger partial charge < -0.3 is 11.5 Å². The van der Waals surface area contributed by atoms with Gasteiger partial charge in [-0.25, -0.2) is 0 Å². The molecule has 0 radical (unpaired) electrons. The average Bonchev–Trinajstić information content (AvgIpc) is 1.95. The second-order valence-electron chi connectivity index (χ2n) is 2.12. The van der Waals surface area contributed by atoms with E-state index in [2.05, 4.69) is 10.2 Å². The van der Waals surface area contributed by atoms with Gasteiger partial charge >= 0.3 is 0 Å². The zero-order valence-corrected chi connectivity index (χ0v) is 6.28. The summed E-state index contributed by atoms with van der Waals surface area (Å²) in [5.74, 6) is 0. The van der Waals surface area contributed by atoms with Gasteiger partial charge in [-0.3, -0.25) is 0 Å². The number of hydrogen-bond acceptors (Lipinski definition) is 4. The van der Waals surface area contributed by atoms with Crippen molar-refractivity contribution in [2.45, 2.75) is 0 Å². The second-order valence-corrected chi connectivity index (χ2v) is 2.12. The lowest BCUT2D eigenvalue weighted by Crippen LogP contribution is -1.89. The Balaban J connectivity index is 3.09. The molecule has 4 heteroatoms. The maximum absolute atomic E-state index is 5.57. The van der Waals surface area contributed by atoms with Gasteiger partial charge in [0, 0.05) is 12.7 Å². The highest BCUT2D eigenvalue weighted by Crippen LogP contribution is 2.23. The van der Waals surface area contributed by atoms with Crippen LogP contribution >= 0.6 is 0 Å². The summed E-state index contributed by atoms with van der Waals surface area (Å²) >= 11 is 0. The van der Waals surface area contributed by atoms with Crippen molar-refractivity contribution >= 4 is 17.1 Å². The van der Waals surface area contributed by atoms with Crippen molar-refractivity contribution in [1.82, 2.24) is 0 Å². The molecule has 4 N–H and O–H groups in total. The van der Waals surface area contributed by atoms with Gasteiger partial charge in [-0.15, -0.1) is 0 Å². The van der Waals surface area contributed by atoms with Crippen LogP contribution < -0.4 is 11.5 Å². The molecule has 0 aliphatic rings. The number of rotatable bonds is 1. The molecule has 0 amide bonds. The minimum absolute atomic E-state index is 0.551. The van der Waals surface area contributed by atoms with Crippen LogP contribution in [-0.2, 0) is 0 Å². The molecule has 0 saturated heterocycles. The van der Waals surface area contributed by atoms with Gasteiger partial charge in [0.2, 0.25) is 0 Å². The topological polar surface area (TPSA) is 76.8 Å². The predicted octanol–water partition coefficient (Wildman–Crippen LogP) is 1.56. The van der Waals surface area contributed by atoms with Crippen LogP contribution in [0.25, 0.3) is 0 Å². The zero-order valence-electron chi connectivity index (χ0n) is 6.28. The van der Waals surface area contributed by atoms with Gasteiger partial charge in [-0.1, -0.05) is 0 Å². The van der Waals surface area contributed by atoms with Crippen molar-refractivity contribution in [3.63, 3.8) is 0 Å². The molecule has 0 atom stereocenters. The van der Waals surface area contributed by atoms with Gasteiger partial charge in [0.1, 0.15) is 5.69 Å². The van der Waals surface area contributed by atoms with Crippen LogP contribution in [-0.4, -0.2) is 7.05 Å². The van der Waals surface area contributed by atoms with E-state index in [0.29, 0.717) is 17.1 Å². The number of nitrogens with zero attached hydrogens (tertiary/aromatic N) is 2. The first-order valence-corrected chi connectivity index (χ1v) is 3.19. The maximum Gasteiger partial charge on any atom is 0.108 e. The van der Waals surface area contributed by atoms with E-state index in [-0.39, 0.29) is 0 Å². The summed E-state index contributed by atoms with van der Waals surface area (Å²) in [6, 6.07) is 5.13. The third-order valence-electron chi connectivity index (χ3n) is 1.26. The standard InChI is InChI=1S/C7H10N4/c1-10-11-7-3-2-5(8)4-6(7)9/h2-4H,8-9H2,1H3. The van der Waals surface area contributed by atoms with Crippen molar-refractivity contribution in [2.24, 2.45) is 10.2 Å². The summed E-state index contributed by atoms with van der Waals surface area (Å²) in [7, 11) is 1.59. The summed E-state index contributed by atoms with van der Waals surface area (Å²) in [6.07, 6.45) is 0. The number of nitrogens with two attached hydrogens (primary N) is 2. The van der Waals surface area contributed by atoms with E-state index in [1.165, 1.54) is 0 Å². The number of anilines is 2. The van der Waals surface area contributed by atoms with E-state index in [1.807, 2.05) is 0 Å². The Morgan fingerprint density at radius 1 is 1.27 bits per heavy atom. The first-order chi connectivity index (χ1) is 5.24. The molecule has 0 unspecified atom stereocenters. The Morgan fingerprint density at radius 3 is 2.55 bits per heavy atom. The molecule has 0 heterocycles. The molecule has 0 fully saturated rings. The molecular weight excluding hydrogens is 140 g/mol. The number of hydrogen-bond donors (Lipinski definition) is 2. The summed E-state index contributed by atoms with van der Waals surface area (Å²) in [4.78, 5) is 0. The molecule has 4 nitrogen and oxygen atoms in total. The van der Waals surface area contributed by atoms with Crippen LogP contribution in [0.15, 0.2) is 28.4 Å². The van der Waals surface area contributed by atoms with E-state index in [1.54, 1.807) is 25.2 Å². The van der Waals surface area contributed by atoms with Crippen LogP contribution in [0.4, 0.5) is 17.1 Å². The monoisotopic (exact) mass is 150 g/mol. The first-order valence-electron chi connectivity index (χ1n) is 3.19. The molecule has 0 saturated carbocycles. The Bertz CT molecular complexity index is 280. The summed E-state index contributed by atoms with van der Waals surface area (Å²) < 4.78 is 0. The largest absolute Gasteiger partial charge is 0.399 e. The van der Waals surface area contributed by atoms with Crippen LogP contribution in [0, 0.1) is 0 Å². The normalized spacial score (nSPS) is 10.6. The molecule has 0 aromatic heterocycles. The van der Waals surface area contributed by atoms with E-state index in [4.69, 9.17) is 11.5 Å². The van der Waals surface area contributed by atoms with E-state index >= 15 is 0 Å². The van der Waals surface area contributed by atoms with Gasteiger partial charge in [-0.05, 0) is 18.2 Å². The molecular formula is C7H10N4. The molecule has 1 aromatic carbocycles. The fraction of sp³-hybridized carbons (Fsp3) is 0.143. The first kappa shape index (κ1) is 7.53. The Kier molecular flexibility index (Phi) is 2.06. The highest BCUT2D eigenvalue weighted by Gasteiger charge is 1.95. The lowest BCUT2D eigenvalue weighted by Gasteiger charge is -1.98. The molecule has 0 aliphatic carbocycles. The van der Waals surface area contributed by atoms with Crippen molar-refractivity contribution in [3.05, 3.63) is 18.2 Å². The van der Waals surface area contributed by atoms with Crippen molar-refractivity contribution < 1.29 is 0 Å². The Labute approximate surface area is 64.9 Å². The van der Waals surface area contributed by atoms with Crippen LogP contribution in [0.3, 0.4) is 0 Å². The minimum atomic E-state index is 0.551. The molecule has 0 bridgehead atoms. The van der Waals surface area contributed by atoms with Crippen molar-refractivity contribution in [1.29, 1.82) is 0 Å². The minimum Gasteiger partial charge on any atom is -0.399 e. The Morgan fingerprint density at radius 2 is 2.00 bits per heavy atom. The van der Waals surface area contributed by atoms with Crippen LogP contribution in [0.5, 0.6) is 0 Å². The van der Waals surface area contributed by atoms with Crippen molar-refractivity contribution in [2.75, 3.05) is 18.5 Å². The van der Waals surface area contributed by atoms with Crippen LogP contribution in [0.1, 0.15) is 0 Å². The number of benzene rings is 1. The van der Waals surface area contributed by atoms with E-state index < -0.39 is 0 Å². The van der Waals surface area contributed by atoms with Crippen molar-refractivity contribution in [3.8, 4) is 0 Å². The van der Waals surface area contributed by atoms with Gasteiger partial charge in [0.05, 0.1) is 5.69 Å². The highest BCUT2D eigenvalue weighted by atomic mass is 15.1. The quantitative estimate of drug-likeness (QED) is 0.470. The van der Waals surface area contributed by atoms with Gasteiger partial charge in [0.15, 0.2) is 0 Å². The smallest absolute Gasteiger partial charge is 0.108 e. The average molecular weight is 150 g/mol. The number of nitrogen functional groups attached to an aromatic ring is 2. The molecule has 0 aliphatic heterocycles. The second kappa shape index (κ2) is 3.01. The summed E-state index contributed by atoms with van der Waals surface area (Å²) in [6.45, 7) is 0.